The Labute approximate surface area is 151 Å². The quantitative estimate of drug-likeness (QED) is 0.717. The van der Waals surface area contributed by atoms with Gasteiger partial charge in [0.05, 0.1) is 22.8 Å². The number of alkyl halides is 3. The van der Waals surface area contributed by atoms with Gasteiger partial charge in [-0.1, -0.05) is 5.92 Å². The standard InChI is InChI=1S/C18H12F3N5O/c1-2-17(5-6-17)25-15-12-4-3-11(18(19,20)21)9-13(12)26(16(27)24-15)14-10-22-7-8-23-14/h1,3-4,7-10H,5-6H2,(H,24,25,27). The fourth-order valence-corrected chi connectivity index (χ4v) is 2.78. The third kappa shape index (κ3) is 2.99. The summed E-state index contributed by atoms with van der Waals surface area (Å²) in [6, 6.07) is 3.11. The molecule has 0 unspecified atom stereocenters. The predicted molar refractivity (Wildman–Crippen MR) is 92.4 cm³/mol. The molecular formula is C18H12F3N5O. The Balaban J connectivity index is 2.01. The van der Waals surface area contributed by atoms with Gasteiger partial charge >= 0.3 is 11.9 Å². The Kier molecular flexibility index (Phi) is 3.66. The van der Waals surface area contributed by atoms with Crippen molar-refractivity contribution in [2.24, 2.45) is 0 Å². The van der Waals surface area contributed by atoms with Crippen LogP contribution in [-0.4, -0.2) is 25.1 Å². The van der Waals surface area contributed by atoms with E-state index >= 15 is 0 Å². The van der Waals surface area contributed by atoms with Crippen molar-refractivity contribution in [1.29, 1.82) is 0 Å². The third-order valence-electron chi connectivity index (χ3n) is 4.38. The number of halogens is 3. The monoisotopic (exact) mass is 371 g/mol. The lowest BCUT2D eigenvalue weighted by atomic mass is 10.1. The van der Waals surface area contributed by atoms with Gasteiger partial charge in [0.15, 0.2) is 5.82 Å². The van der Waals surface area contributed by atoms with Gasteiger partial charge in [-0.2, -0.15) is 18.2 Å². The lowest BCUT2D eigenvalue weighted by Gasteiger charge is -2.17. The van der Waals surface area contributed by atoms with Crippen LogP contribution in [0, 0.1) is 12.3 Å². The Morgan fingerprint density at radius 3 is 2.63 bits per heavy atom. The van der Waals surface area contributed by atoms with Gasteiger partial charge < -0.3 is 5.32 Å². The first-order chi connectivity index (χ1) is 12.8. The average molecular weight is 371 g/mol. The van der Waals surface area contributed by atoms with Crippen LogP contribution in [0.15, 0.2) is 41.6 Å². The number of hydrogen-bond acceptors (Lipinski definition) is 5. The molecule has 0 radical (unpaired) electrons. The molecule has 1 aromatic carbocycles. The summed E-state index contributed by atoms with van der Waals surface area (Å²) in [5.41, 5.74) is -2.27. The van der Waals surface area contributed by atoms with Crippen molar-refractivity contribution in [1.82, 2.24) is 19.5 Å². The molecule has 0 spiro atoms. The molecule has 9 heteroatoms. The Morgan fingerprint density at radius 2 is 2.04 bits per heavy atom. The average Bonchev–Trinajstić information content (AvgIpc) is 3.41. The van der Waals surface area contributed by atoms with Gasteiger partial charge in [0.2, 0.25) is 0 Å². The molecule has 0 bridgehead atoms. The highest BCUT2D eigenvalue weighted by atomic mass is 19.4. The van der Waals surface area contributed by atoms with Crippen molar-refractivity contribution in [2.75, 3.05) is 5.32 Å². The number of rotatable bonds is 3. The number of nitrogens with one attached hydrogen (secondary N) is 1. The van der Waals surface area contributed by atoms with Crippen molar-refractivity contribution in [2.45, 2.75) is 24.6 Å². The molecule has 0 aliphatic heterocycles. The van der Waals surface area contributed by atoms with E-state index < -0.39 is 23.0 Å². The van der Waals surface area contributed by atoms with Crippen molar-refractivity contribution < 1.29 is 13.2 Å². The molecule has 2 aromatic heterocycles. The number of fused-ring (bicyclic) bond motifs is 1. The Bertz CT molecular complexity index is 1130. The Morgan fingerprint density at radius 1 is 1.26 bits per heavy atom. The zero-order chi connectivity index (χ0) is 19.2. The molecule has 1 aliphatic rings. The fourth-order valence-electron chi connectivity index (χ4n) is 2.78. The lowest BCUT2D eigenvalue weighted by Crippen LogP contribution is -2.27. The van der Waals surface area contributed by atoms with Crippen LogP contribution in [0.3, 0.4) is 0 Å². The predicted octanol–water partition coefficient (Wildman–Crippen LogP) is 2.77. The molecule has 2 heterocycles. The minimum absolute atomic E-state index is 0.0145. The molecule has 6 nitrogen and oxygen atoms in total. The molecule has 4 rings (SSSR count). The van der Waals surface area contributed by atoms with Crippen LogP contribution >= 0.6 is 0 Å². The number of anilines is 1. The van der Waals surface area contributed by atoms with Gasteiger partial charge in [0, 0.05) is 17.8 Å². The maximum atomic E-state index is 13.2. The molecule has 1 fully saturated rings. The van der Waals surface area contributed by atoms with Crippen LogP contribution in [0.1, 0.15) is 18.4 Å². The molecule has 27 heavy (non-hydrogen) atoms. The largest absolute Gasteiger partial charge is 0.416 e. The van der Waals surface area contributed by atoms with Crippen molar-refractivity contribution in [3.05, 3.63) is 52.8 Å². The molecule has 3 aromatic rings. The van der Waals surface area contributed by atoms with Crippen LogP contribution in [0.25, 0.3) is 16.7 Å². The van der Waals surface area contributed by atoms with Gasteiger partial charge in [0.1, 0.15) is 5.82 Å². The molecule has 0 atom stereocenters. The van der Waals surface area contributed by atoms with E-state index in [9.17, 15) is 18.0 Å². The highest BCUT2D eigenvalue weighted by Gasteiger charge is 2.42. The van der Waals surface area contributed by atoms with Crippen molar-refractivity contribution in [3.8, 4) is 18.2 Å². The van der Waals surface area contributed by atoms with Crippen LogP contribution in [0.4, 0.5) is 19.0 Å². The first kappa shape index (κ1) is 17.0. The smallest absolute Gasteiger partial charge is 0.353 e. The van der Waals surface area contributed by atoms with Crippen LogP contribution in [0.5, 0.6) is 0 Å². The molecule has 1 N–H and O–H groups in total. The lowest BCUT2D eigenvalue weighted by molar-refractivity contribution is -0.137. The van der Waals surface area contributed by atoms with E-state index in [0.29, 0.717) is 18.2 Å². The number of benzene rings is 1. The second-order valence-electron chi connectivity index (χ2n) is 6.22. The zero-order valence-electron chi connectivity index (χ0n) is 13.8. The topological polar surface area (TPSA) is 72.7 Å². The number of aromatic nitrogens is 4. The van der Waals surface area contributed by atoms with Gasteiger partial charge in [-0.3, -0.25) is 4.98 Å². The van der Waals surface area contributed by atoms with Crippen LogP contribution in [-0.2, 0) is 6.18 Å². The second kappa shape index (κ2) is 5.81. The van der Waals surface area contributed by atoms with E-state index in [4.69, 9.17) is 6.42 Å². The van der Waals surface area contributed by atoms with E-state index in [2.05, 4.69) is 26.2 Å². The summed E-state index contributed by atoms with van der Waals surface area (Å²) in [4.78, 5) is 24.5. The van der Waals surface area contributed by atoms with E-state index in [1.807, 2.05) is 0 Å². The maximum Gasteiger partial charge on any atom is 0.416 e. The first-order valence-corrected chi connectivity index (χ1v) is 7.99. The Hall–Kier alpha value is -3.41. The number of terminal acetylenes is 1. The molecule has 0 saturated heterocycles. The zero-order valence-corrected chi connectivity index (χ0v) is 13.8. The maximum absolute atomic E-state index is 13.2. The molecule has 1 saturated carbocycles. The van der Waals surface area contributed by atoms with Gasteiger partial charge in [-0.05, 0) is 31.0 Å². The molecular weight excluding hydrogens is 359 g/mol. The van der Waals surface area contributed by atoms with Crippen molar-refractivity contribution in [3.63, 3.8) is 0 Å². The SMILES string of the molecule is C#CC1(Nc2nc(=O)n(-c3cnccn3)c3cc(C(F)(F)F)ccc23)CC1. The van der Waals surface area contributed by atoms with Crippen LogP contribution in [0.2, 0.25) is 0 Å². The van der Waals surface area contributed by atoms with Gasteiger partial charge in [-0.15, -0.1) is 6.42 Å². The highest BCUT2D eigenvalue weighted by molar-refractivity contribution is 5.91. The summed E-state index contributed by atoms with van der Waals surface area (Å²) in [7, 11) is 0. The minimum atomic E-state index is -4.56. The summed E-state index contributed by atoms with van der Waals surface area (Å²) in [5, 5.41) is 3.35. The normalized spacial score (nSPS) is 15.3. The summed E-state index contributed by atoms with van der Waals surface area (Å²) >= 11 is 0. The van der Waals surface area contributed by atoms with E-state index in [0.717, 1.165) is 16.7 Å². The number of hydrogen-bond donors (Lipinski definition) is 1. The third-order valence-corrected chi connectivity index (χ3v) is 4.38. The highest BCUT2D eigenvalue weighted by Crippen LogP contribution is 2.39. The van der Waals surface area contributed by atoms with Gasteiger partial charge in [-0.25, -0.2) is 14.3 Å². The second-order valence-corrected chi connectivity index (χ2v) is 6.22. The number of nitrogens with zero attached hydrogens (tertiary/aromatic N) is 4. The summed E-state index contributed by atoms with van der Waals surface area (Å²) < 4.78 is 40.6. The van der Waals surface area contributed by atoms with E-state index in [1.165, 1.54) is 24.7 Å². The van der Waals surface area contributed by atoms with E-state index in [-0.39, 0.29) is 17.2 Å². The summed E-state index contributed by atoms with van der Waals surface area (Å²) in [6.45, 7) is 0. The van der Waals surface area contributed by atoms with E-state index in [1.54, 1.807) is 0 Å². The molecule has 1 aliphatic carbocycles. The molecule has 136 valence electrons. The summed E-state index contributed by atoms with van der Waals surface area (Å²) in [5.74, 6) is 2.83. The minimum Gasteiger partial charge on any atom is -0.353 e. The van der Waals surface area contributed by atoms with Crippen molar-refractivity contribution >= 4 is 16.7 Å². The van der Waals surface area contributed by atoms with Gasteiger partial charge in [0.25, 0.3) is 0 Å². The molecule has 0 amide bonds. The fraction of sp³-hybridized carbons (Fsp3) is 0.222. The van der Waals surface area contributed by atoms with Crippen LogP contribution < -0.4 is 11.0 Å². The first-order valence-electron chi connectivity index (χ1n) is 7.99. The summed E-state index contributed by atoms with van der Waals surface area (Å²) in [6.07, 6.45) is 6.35.